The Kier molecular flexibility index (Phi) is 17.5. The molecule has 2 fully saturated rings. The minimum Gasteiger partial charge on any atom is -0.454 e. The van der Waals surface area contributed by atoms with Gasteiger partial charge in [0.15, 0.2) is 36.8 Å². The number of nitrogens with zero attached hydrogens (tertiary/aromatic N) is 1. The highest BCUT2D eigenvalue weighted by molar-refractivity contribution is 6.74. The quantitative estimate of drug-likeness (QED) is 0.0919. The first-order chi connectivity index (χ1) is 24.4. The number of cyclic esters (lactones) is 1. The van der Waals surface area contributed by atoms with Gasteiger partial charge in [0.05, 0.1) is 18.6 Å². The number of carbonyl (C=O) groups is 3. The lowest BCUT2D eigenvalue weighted by molar-refractivity contribution is -0.159. The molecule has 310 valence electrons. The lowest BCUT2D eigenvalue weighted by Gasteiger charge is -2.44. The summed E-state index contributed by atoms with van der Waals surface area (Å²) in [6, 6.07) is 5.86. The first-order valence-electron chi connectivity index (χ1n) is 21.4. The van der Waals surface area contributed by atoms with Crippen molar-refractivity contribution in [3.8, 4) is 0 Å². The van der Waals surface area contributed by atoms with Crippen LogP contribution in [0.3, 0.4) is 0 Å². The molecule has 0 N–H and O–H groups in total. The second kappa shape index (κ2) is 19.2. The first kappa shape index (κ1) is 48.4. The summed E-state index contributed by atoms with van der Waals surface area (Å²) in [5, 5.41) is 0.122. The number of carbonyl (C=O) groups excluding carboxylic acids is 3. The van der Waals surface area contributed by atoms with Crippen molar-refractivity contribution in [2.24, 2.45) is 17.3 Å². The molecule has 8 atom stereocenters. The third-order valence-electron chi connectivity index (χ3n) is 14.7. The van der Waals surface area contributed by atoms with Crippen molar-refractivity contribution in [2.75, 3.05) is 13.2 Å². The van der Waals surface area contributed by atoms with Gasteiger partial charge in [-0.25, -0.2) is 0 Å². The number of fused-ring (bicyclic) bond motifs is 1. The Bertz CT molecular complexity index is 1190. The molecule has 53 heavy (non-hydrogen) atoms. The van der Waals surface area contributed by atoms with E-state index in [2.05, 4.69) is 101 Å². The van der Waals surface area contributed by atoms with Crippen molar-refractivity contribution in [1.82, 2.24) is 4.90 Å². The van der Waals surface area contributed by atoms with Crippen LogP contribution >= 0.6 is 0 Å². The molecular formula is C42H83NO7Si3. The zero-order valence-corrected chi connectivity index (χ0v) is 40.5. The van der Waals surface area contributed by atoms with E-state index in [4.69, 9.17) is 18.0 Å². The molecule has 0 aromatic rings. The Balaban J connectivity index is 2.63. The van der Waals surface area contributed by atoms with Crippen LogP contribution in [0.4, 0.5) is 0 Å². The fraction of sp³-hybridized carbons (Fsp3) is 0.929. The standard InChI is InChI=1S/C42H83NO7Si3/c1-18-52(19-2,20-3)49-36-30-37(45)48-34(33(9)44)29-35-42(15,43(35)27-28-47-51(16,17)40(10,11)12)26-24-25-31(7)38(32(8)39(46)41(36,13)14)50-53(21-4,22-5)23-6/h31-32,34-36,38H,18-30H2,1-17H3/t31-,32+,34-,35-,36-,38-,42+,43?/m0/s1. The Hall–Kier alpha value is -0.699. The molecule has 0 bridgehead atoms. The van der Waals surface area contributed by atoms with Crippen molar-refractivity contribution in [3.05, 3.63) is 0 Å². The van der Waals surface area contributed by atoms with Crippen molar-refractivity contribution in [1.29, 1.82) is 0 Å². The summed E-state index contributed by atoms with van der Waals surface area (Å²) in [6.07, 6.45) is 1.56. The fourth-order valence-electron chi connectivity index (χ4n) is 8.74. The summed E-state index contributed by atoms with van der Waals surface area (Å²) in [6.45, 7) is 38.1. The number of esters is 1. The van der Waals surface area contributed by atoms with E-state index >= 15 is 0 Å². The maximum Gasteiger partial charge on any atom is 0.309 e. The second-order valence-electron chi connectivity index (χ2n) is 19.1. The summed E-state index contributed by atoms with van der Waals surface area (Å²) < 4.78 is 27.1. The van der Waals surface area contributed by atoms with Crippen LogP contribution in [0, 0.1) is 17.3 Å². The van der Waals surface area contributed by atoms with Gasteiger partial charge in [0.2, 0.25) is 0 Å². The fourth-order valence-corrected chi connectivity index (χ4v) is 15.8. The van der Waals surface area contributed by atoms with E-state index in [0.717, 1.165) is 62.1 Å². The summed E-state index contributed by atoms with van der Waals surface area (Å²) in [7, 11) is -6.25. The predicted molar refractivity (Wildman–Crippen MR) is 227 cm³/mol. The average molecular weight is 798 g/mol. The van der Waals surface area contributed by atoms with Crippen LogP contribution in [-0.2, 0) is 32.4 Å². The molecule has 0 aromatic heterocycles. The van der Waals surface area contributed by atoms with E-state index in [1.54, 1.807) is 0 Å². The minimum atomic E-state index is -2.25. The van der Waals surface area contributed by atoms with Crippen LogP contribution in [0.15, 0.2) is 0 Å². The Morgan fingerprint density at radius 2 is 1.40 bits per heavy atom. The lowest BCUT2D eigenvalue weighted by Crippen LogP contribution is -2.53. The van der Waals surface area contributed by atoms with Gasteiger partial charge in [-0.2, -0.15) is 0 Å². The highest BCUT2D eigenvalue weighted by atomic mass is 28.4. The topological polar surface area (TPSA) is 91.1 Å². The highest BCUT2D eigenvalue weighted by Gasteiger charge is 2.59. The molecule has 2 aliphatic heterocycles. The summed E-state index contributed by atoms with van der Waals surface area (Å²) >= 11 is 0. The minimum absolute atomic E-state index is 0.0609. The Morgan fingerprint density at radius 1 is 0.887 bits per heavy atom. The van der Waals surface area contributed by atoms with Crippen LogP contribution in [0.5, 0.6) is 0 Å². The molecule has 2 rings (SSSR count). The molecular weight excluding hydrogens is 715 g/mol. The van der Waals surface area contributed by atoms with Crippen molar-refractivity contribution in [3.63, 3.8) is 0 Å². The molecule has 0 saturated carbocycles. The smallest absolute Gasteiger partial charge is 0.309 e. The van der Waals surface area contributed by atoms with E-state index in [-0.39, 0.29) is 52.5 Å². The molecule has 0 amide bonds. The molecule has 2 heterocycles. The second-order valence-corrected chi connectivity index (χ2v) is 33.4. The number of ketones is 2. The van der Waals surface area contributed by atoms with Gasteiger partial charge in [0.25, 0.3) is 0 Å². The maximum atomic E-state index is 14.9. The van der Waals surface area contributed by atoms with Crippen LogP contribution in [0.1, 0.15) is 136 Å². The molecule has 2 saturated heterocycles. The van der Waals surface area contributed by atoms with Crippen molar-refractivity contribution in [2.45, 2.75) is 220 Å². The van der Waals surface area contributed by atoms with Crippen LogP contribution in [0.2, 0.25) is 54.4 Å². The summed E-state index contributed by atoms with van der Waals surface area (Å²) in [5.41, 5.74) is -1.10. The molecule has 1 unspecified atom stereocenters. The summed E-state index contributed by atoms with van der Waals surface area (Å²) in [5.74, 6) is -0.716. The largest absolute Gasteiger partial charge is 0.454 e. The number of ether oxygens (including phenoxy) is 1. The lowest BCUT2D eigenvalue weighted by atomic mass is 9.73. The van der Waals surface area contributed by atoms with Crippen LogP contribution < -0.4 is 0 Å². The molecule has 0 aliphatic carbocycles. The third kappa shape index (κ3) is 11.5. The number of rotatable bonds is 15. The molecule has 0 spiro atoms. The zero-order chi connectivity index (χ0) is 40.8. The number of hydrogen-bond donors (Lipinski definition) is 0. The summed E-state index contributed by atoms with van der Waals surface area (Å²) in [4.78, 5) is 44.6. The first-order valence-corrected chi connectivity index (χ1v) is 29.4. The van der Waals surface area contributed by atoms with Gasteiger partial charge in [0, 0.05) is 42.5 Å². The zero-order valence-electron chi connectivity index (χ0n) is 37.5. The average Bonchev–Trinajstić information content (AvgIpc) is 3.64. The van der Waals surface area contributed by atoms with E-state index in [1.807, 2.05) is 13.8 Å². The molecule has 2 aliphatic rings. The van der Waals surface area contributed by atoms with Crippen LogP contribution in [-0.4, -0.2) is 90.4 Å². The van der Waals surface area contributed by atoms with Gasteiger partial charge < -0.3 is 18.0 Å². The van der Waals surface area contributed by atoms with Gasteiger partial charge in [-0.05, 0) is 87.0 Å². The van der Waals surface area contributed by atoms with Gasteiger partial charge in [-0.15, -0.1) is 0 Å². The molecule has 0 radical (unpaired) electrons. The van der Waals surface area contributed by atoms with E-state index in [1.165, 1.54) is 6.92 Å². The molecule has 11 heteroatoms. The molecule has 8 nitrogen and oxygen atoms in total. The van der Waals surface area contributed by atoms with E-state index < -0.39 is 48.5 Å². The SMILES string of the molecule is CC[Si](CC)(CC)O[C@H]1[C@@H](C)CCC[C@]2(C)[C@H](C[C@@H](C(C)=O)OC(=O)C[C@H](O[Si](CC)(CC)CC)C(C)(C)C(=O)[C@@H]1C)N2CCO[Si](C)(C)C(C)(C)C. The number of Topliss-reactive ketones (excluding diaryl/α,β-unsaturated/α-hetero) is 2. The van der Waals surface area contributed by atoms with E-state index in [9.17, 15) is 14.4 Å². The maximum absolute atomic E-state index is 14.9. The monoisotopic (exact) mass is 798 g/mol. The number of hydrogen-bond acceptors (Lipinski definition) is 8. The Morgan fingerprint density at radius 3 is 1.87 bits per heavy atom. The van der Waals surface area contributed by atoms with E-state index in [0.29, 0.717) is 13.0 Å². The predicted octanol–water partition coefficient (Wildman–Crippen LogP) is 10.6. The Labute approximate surface area is 329 Å². The third-order valence-corrected chi connectivity index (χ3v) is 28.5. The normalized spacial score (nSPS) is 31.2. The van der Waals surface area contributed by atoms with Gasteiger partial charge in [-0.1, -0.05) is 96.4 Å². The van der Waals surface area contributed by atoms with Gasteiger partial charge in [0.1, 0.15) is 5.78 Å². The highest BCUT2D eigenvalue weighted by Crippen LogP contribution is 2.49. The molecule has 0 aromatic carbocycles. The van der Waals surface area contributed by atoms with Gasteiger partial charge >= 0.3 is 5.97 Å². The van der Waals surface area contributed by atoms with Crippen LogP contribution in [0.25, 0.3) is 0 Å². The van der Waals surface area contributed by atoms with Gasteiger partial charge in [-0.3, -0.25) is 19.3 Å². The van der Waals surface area contributed by atoms with Crippen molar-refractivity contribution < 1.29 is 32.4 Å². The van der Waals surface area contributed by atoms with Crippen molar-refractivity contribution >= 4 is 42.5 Å².